The number of pyridine rings is 2. The van der Waals surface area contributed by atoms with Crippen molar-refractivity contribution >= 4 is 23.6 Å². The maximum atomic E-state index is 13.6. The number of anilines is 2. The fraction of sp³-hybridized carbons (Fsp3) is 0.440. The predicted octanol–water partition coefficient (Wildman–Crippen LogP) is 3.27. The monoisotopic (exact) mass is 490 g/mol. The van der Waals surface area contributed by atoms with E-state index in [1.54, 1.807) is 11.2 Å². The van der Waals surface area contributed by atoms with Crippen LogP contribution in [-0.2, 0) is 13.0 Å². The average Bonchev–Trinajstić information content (AvgIpc) is 3.45. The van der Waals surface area contributed by atoms with Crippen LogP contribution in [0.5, 0.6) is 0 Å². The number of carbonyl (C=O) groups excluding carboxylic acids is 1. The highest BCUT2D eigenvalue weighted by atomic mass is 16.4. The maximum absolute atomic E-state index is 13.6. The van der Waals surface area contributed by atoms with E-state index in [0.717, 1.165) is 23.5 Å². The van der Waals surface area contributed by atoms with Crippen molar-refractivity contribution in [3.05, 3.63) is 47.4 Å². The Hall–Kier alpha value is -4.02. The van der Waals surface area contributed by atoms with E-state index < -0.39 is 6.09 Å². The average molecular weight is 491 g/mol. The first-order chi connectivity index (χ1) is 17.2. The fourth-order valence-corrected chi connectivity index (χ4v) is 5.14. The molecule has 2 atom stereocenters. The molecule has 3 aromatic heterocycles. The predicted molar refractivity (Wildman–Crippen MR) is 134 cm³/mol. The highest BCUT2D eigenvalue weighted by Crippen LogP contribution is 2.36. The van der Waals surface area contributed by atoms with Crippen LogP contribution in [0.3, 0.4) is 0 Å². The van der Waals surface area contributed by atoms with Crippen LogP contribution in [0, 0.1) is 0 Å². The number of carboxylic acid groups (broad SMARTS) is 1. The highest BCUT2D eigenvalue weighted by Gasteiger charge is 2.37. The first-order valence-corrected chi connectivity index (χ1v) is 12.2. The van der Waals surface area contributed by atoms with Crippen molar-refractivity contribution in [2.75, 3.05) is 16.3 Å². The summed E-state index contributed by atoms with van der Waals surface area (Å²) in [5, 5.41) is 19.7. The normalized spacial score (nSPS) is 19.0. The largest absolute Gasteiger partial charge is 0.465 e. The van der Waals surface area contributed by atoms with Crippen molar-refractivity contribution in [3.8, 4) is 11.5 Å². The third kappa shape index (κ3) is 4.14. The molecule has 2 amide bonds. The van der Waals surface area contributed by atoms with Crippen LogP contribution in [0.15, 0.2) is 30.6 Å². The molecule has 0 aromatic carbocycles. The molecular formula is C25H30N8O3. The zero-order valence-corrected chi connectivity index (χ0v) is 20.8. The minimum Gasteiger partial charge on any atom is -0.465 e. The molecule has 0 bridgehead atoms. The van der Waals surface area contributed by atoms with Gasteiger partial charge in [-0.05, 0) is 52.3 Å². The van der Waals surface area contributed by atoms with Crippen LogP contribution in [0.4, 0.5) is 16.4 Å². The van der Waals surface area contributed by atoms with Crippen molar-refractivity contribution in [2.24, 2.45) is 0 Å². The highest BCUT2D eigenvalue weighted by molar-refractivity contribution is 6.10. The Kier molecular flexibility index (Phi) is 6.07. The minimum atomic E-state index is -1.08. The van der Waals surface area contributed by atoms with Gasteiger partial charge in [-0.3, -0.25) is 9.69 Å². The number of nitrogens with one attached hydrogen (secondary N) is 1. The summed E-state index contributed by atoms with van der Waals surface area (Å²) in [7, 11) is 0. The molecule has 2 aliphatic heterocycles. The van der Waals surface area contributed by atoms with Crippen molar-refractivity contribution in [2.45, 2.75) is 65.2 Å². The van der Waals surface area contributed by atoms with Gasteiger partial charge in [-0.1, -0.05) is 6.07 Å². The summed E-state index contributed by atoms with van der Waals surface area (Å²) in [6.07, 6.45) is 2.05. The van der Waals surface area contributed by atoms with Gasteiger partial charge in [0.25, 0.3) is 5.91 Å². The van der Waals surface area contributed by atoms with E-state index in [1.807, 2.05) is 42.7 Å². The lowest BCUT2D eigenvalue weighted by Crippen LogP contribution is -2.53. The molecule has 11 heteroatoms. The van der Waals surface area contributed by atoms with E-state index in [2.05, 4.69) is 34.3 Å². The molecular weight excluding hydrogens is 460 g/mol. The molecule has 0 saturated carbocycles. The number of hydrogen-bond acceptors (Lipinski definition) is 7. The smallest absolute Gasteiger partial charge is 0.404 e. The third-order valence-corrected chi connectivity index (χ3v) is 6.89. The summed E-state index contributed by atoms with van der Waals surface area (Å²) >= 11 is 0. The summed E-state index contributed by atoms with van der Waals surface area (Å²) in [5.41, 5.74) is 2.77. The van der Waals surface area contributed by atoms with Gasteiger partial charge in [0.05, 0.1) is 17.8 Å². The maximum Gasteiger partial charge on any atom is 0.404 e. The molecule has 0 aliphatic carbocycles. The fourth-order valence-electron chi connectivity index (χ4n) is 5.14. The number of carbonyl (C=O) groups is 2. The molecule has 5 rings (SSSR count). The molecule has 0 spiro atoms. The molecule has 0 radical (unpaired) electrons. The minimum absolute atomic E-state index is 0.142. The number of hydrogen-bond donors (Lipinski definition) is 2. The van der Waals surface area contributed by atoms with Gasteiger partial charge in [-0.2, -0.15) is 0 Å². The van der Waals surface area contributed by atoms with E-state index >= 15 is 0 Å². The number of fused-ring (bicyclic) bond motifs is 1. The summed E-state index contributed by atoms with van der Waals surface area (Å²) in [5.74, 6) is 1.78. The van der Waals surface area contributed by atoms with Gasteiger partial charge in [-0.15, -0.1) is 10.2 Å². The molecule has 11 nitrogen and oxygen atoms in total. The van der Waals surface area contributed by atoms with E-state index in [0.29, 0.717) is 47.9 Å². The zero-order chi connectivity index (χ0) is 25.6. The summed E-state index contributed by atoms with van der Waals surface area (Å²) in [4.78, 5) is 38.2. The topological polar surface area (TPSA) is 129 Å². The SMILES string of the molecule is CC(C)n1cnnc1-c1cccc(N2Cc3c(cc(N4[C@H](C)C[C@H]4C)nc3CCNC(=O)O)C2=O)n1. The molecule has 36 heavy (non-hydrogen) atoms. The van der Waals surface area contributed by atoms with E-state index in [4.69, 9.17) is 15.1 Å². The third-order valence-electron chi connectivity index (χ3n) is 6.89. The Morgan fingerprint density at radius 1 is 1.19 bits per heavy atom. The second-order valence-electron chi connectivity index (χ2n) is 9.70. The Labute approximate surface area is 209 Å². The quantitative estimate of drug-likeness (QED) is 0.516. The van der Waals surface area contributed by atoms with Crippen LogP contribution < -0.4 is 15.1 Å². The first kappa shape index (κ1) is 23.7. The lowest BCUT2D eigenvalue weighted by atomic mass is 9.95. The van der Waals surface area contributed by atoms with Gasteiger partial charge in [0, 0.05) is 36.7 Å². The van der Waals surface area contributed by atoms with Crippen molar-refractivity contribution in [3.63, 3.8) is 0 Å². The second kappa shape index (κ2) is 9.21. The van der Waals surface area contributed by atoms with Gasteiger partial charge < -0.3 is 19.9 Å². The lowest BCUT2D eigenvalue weighted by molar-refractivity contribution is 0.0995. The van der Waals surface area contributed by atoms with Crippen molar-refractivity contribution < 1.29 is 14.7 Å². The summed E-state index contributed by atoms with van der Waals surface area (Å²) in [6, 6.07) is 8.23. The van der Waals surface area contributed by atoms with E-state index in [9.17, 15) is 9.59 Å². The van der Waals surface area contributed by atoms with Gasteiger partial charge in [0.2, 0.25) is 0 Å². The molecule has 5 heterocycles. The van der Waals surface area contributed by atoms with E-state index in [-0.39, 0.29) is 18.5 Å². The number of rotatable bonds is 7. The number of amides is 2. The van der Waals surface area contributed by atoms with E-state index in [1.165, 1.54) is 0 Å². The Bertz CT molecular complexity index is 1310. The van der Waals surface area contributed by atoms with Crippen molar-refractivity contribution in [1.82, 2.24) is 30.0 Å². The van der Waals surface area contributed by atoms with Gasteiger partial charge in [-0.25, -0.2) is 14.8 Å². The molecule has 3 aromatic rings. The standard InChI is InChI=1S/C25H30N8O3/c1-14(2)32-13-27-30-23(32)20-6-5-7-21(29-20)31-12-18-17(24(31)34)11-22(33-15(3)10-16(33)4)28-19(18)8-9-26-25(35)36/h5-7,11,13-16,26H,8-10,12H2,1-4H3,(H,35,36)/t15-,16-/m1/s1. The Balaban J connectivity index is 1.50. The van der Waals surface area contributed by atoms with Gasteiger partial charge in [0.15, 0.2) is 5.82 Å². The molecule has 188 valence electrons. The summed E-state index contributed by atoms with van der Waals surface area (Å²) < 4.78 is 1.94. The molecule has 2 aliphatic rings. The number of nitrogens with zero attached hydrogens (tertiary/aromatic N) is 7. The zero-order valence-electron chi connectivity index (χ0n) is 20.8. The lowest BCUT2D eigenvalue weighted by Gasteiger charge is -2.46. The van der Waals surface area contributed by atoms with Crippen molar-refractivity contribution in [1.29, 1.82) is 0 Å². The van der Waals surface area contributed by atoms with Crippen LogP contribution >= 0.6 is 0 Å². The molecule has 1 saturated heterocycles. The van der Waals surface area contributed by atoms with Gasteiger partial charge >= 0.3 is 6.09 Å². The molecule has 0 unspecified atom stereocenters. The van der Waals surface area contributed by atoms with Gasteiger partial charge in [0.1, 0.15) is 23.7 Å². The second-order valence-corrected chi connectivity index (χ2v) is 9.70. The van der Waals surface area contributed by atoms with Crippen LogP contribution in [0.2, 0.25) is 0 Å². The first-order valence-electron chi connectivity index (χ1n) is 12.2. The summed E-state index contributed by atoms with van der Waals surface area (Å²) in [6.45, 7) is 8.91. The molecule has 2 N–H and O–H groups in total. The van der Waals surface area contributed by atoms with Crippen LogP contribution in [-0.4, -0.2) is 60.5 Å². The van der Waals surface area contributed by atoms with Crippen LogP contribution in [0.1, 0.15) is 61.8 Å². The number of aromatic nitrogens is 5. The Morgan fingerprint density at radius 2 is 1.97 bits per heavy atom. The Morgan fingerprint density at radius 3 is 2.67 bits per heavy atom. The molecule has 1 fully saturated rings. The van der Waals surface area contributed by atoms with Crippen LogP contribution in [0.25, 0.3) is 11.5 Å².